The summed E-state index contributed by atoms with van der Waals surface area (Å²) in [5, 5.41) is 3.99. The van der Waals surface area contributed by atoms with E-state index in [0.29, 0.717) is 30.6 Å². The zero-order valence-corrected chi connectivity index (χ0v) is 14.4. The van der Waals surface area contributed by atoms with Crippen LogP contribution >= 0.6 is 0 Å². The largest absolute Gasteiger partial charge is 0.495 e. The van der Waals surface area contributed by atoms with E-state index >= 15 is 0 Å². The van der Waals surface area contributed by atoms with Gasteiger partial charge in [-0.25, -0.2) is 8.42 Å². The molecule has 1 saturated carbocycles. The maximum absolute atomic E-state index is 12.8. The number of hydrogen-bond acceptors (Lipinski definition) is 6. The van der Waals surface area contributed by atoms with Crippen LogP contribution in [0.4, 0.5) is 0 Å². The first kappa shape index (κ1) is 15.6. The first-order valence-electron chi connectivity index (χ1n) is 7.97. The summed E-state index contributed by atoms with van der Waals surface area (Å²) >= 11 is 0. The molecule has 0 bridgehead atoms. The fraction of sp³-hybridized carbons (Fsp3) is 0.500. The average molecular weight is 349 g/mol. The van der Waals surface area contributed by atoms with Crippen LogP contribution in [0.3, 0.4) is 0 Å². The molecule has 24 heavy (non-hydrogen) atoms. The van der Waals surface area contributed by atoms with Crippen molar-refractivity contribution in [2.24, 2.45) is 0 Å². The molecule has 1 aromatic heterocycles. The minimum Gasteiger partial charge on any atom is -0.495 e. The van der Waals surface area contributed by atoms with Gasteiger partial charge in [-0.05, 0) is 37.5 Å². The molecule has 0 unspecified atom stereocenters. The molecule has 1 aliphatic carbocycles. The average Bonchev–Trinajstić information content (AvgIpc) is 3.25. The highest BCUT2D eigenvalue weighted by atomic mass is 32.2. The van der Waals surface area contributed by atoms with Crippen LogP contribution in [0.2, 0.25) is 0 Å². The Kier molecular flexibility index (Phi) is 3.61. The molecule has 7 nitrogen and oxygen atoms in total. The van der Waals surface area contributed by atoms with Crippen molar-refractivity contribution in [2.45, 2.75) is 36.5 Å². The Morgan fingerprint density at radius 2 is 2.00 bits per heavy atom. The summed E-state index contributed by atoms with van der Waals surface area (Å²) < 4.78 is 37.6. The molecule has 4 rings (SSSR count). The minimum absolute atomic E-state index is 0.0319. The number of benzene rings is 1. The van der Waals surface area contributed by atoms with Gasteiger partial charge in [-0.2, -0.15) is 9.29 Å². The van der Waals surface area contributed by atoms with E-state index in [1.54, 1.807) is 12.1 Å². The Morgan fingerprint density at radius 1 is 1.25 bits per heavy atom. The summed E-state index contributed by atoms with van der Waals surface area (Å²) in [4.78, 5) is 4.61. The molecular formula is C16H19N3O4S. The van der Waals surface area contributed by atoms with Crippen molar-refractivity contribution in [1.82, 2.24) is 14.4 Å². The summed E-state index contributed by atoms with van der Waals surface area (Å²) in [5.74, 6) is 2.05. The number of aromatic nitrogens is 2. The highest BCUT2D eigenvalue weighted by molar-refractivity contribution is 7.89. The maximum atomic E-state index is 12.8. The van der Waals surface area contributed by atoms with E-state index < -0.39 is 10.0 Å². The van der Waals surface area contributed by atoms with Gasteiger partial charge in [-0.15, -0.1) is 0 Å². The molecule has 128 valence electrons. The van der Waals surface area contributed by atoms with Gasteiger partial charge in [0.1, 0.15) is 10.6 Å². The van der Waals surface area contributed by atoms with Gasteiger partial charge in [-0.1, -0.05) is 11.2 Å². The standard InChI is InChI=1S/C16H19N3O4S/c1-10-3-6-13(22-2)14(7-10)24(20,21)19-8-12(9-19)16-17-15(18-23-16)11-4-5-11/h3,6-7,11-12H,4-5,8-9H2,1-2H3. The predicted octanol–water partition coefficient (Wildman–Crippen LogP) is 2.05. The number of rotatable bonds is 5. The van der Waals surface area contributed by atoms with E-state index in [4.69, 9.17) is 9.26 Å². The van der Waals surface area contributed by atoms with E-state index in [-0.39, 0.29) is 10.8 Å². The zero-order valence-electron chi connectivity index (χ0n) is 13.6. The van der Waals surface area contributed by atoms with Crippen LogP contribution in [0, 0.1) is 6.92 Å². The molecule has 2 heterocycles. The number of nitrogens with zero attached hydrogens (tertiary/aromatic N) is 3. The van der Waals surface area contributed by atoms with Crippen LogP contribution in [0.1, 0.15) is 42.0 Å². The molecule has 0 radical (unpaired) electrons. The smallest absolute Gasteiger partial charge is 0.246 e. The van der Waals surface area contributed by atoms with Crippen LogP contribution < -0.4 is 4.74 Å². The van der Waals surface area contributed by atoms with E-state index in [2.05, 4.69) is 10.1 Å². The second-order valence-corrected chi connectivity index (χ2v) is 8.34. The minimum atomic E-state index is -3.59. The van der Waals surface area contributed by atoms with Gasteiger partial charge in [0, 0.05) is 19.0 Å². The number of methoxy groups -OCH3 is 1. The lowest BCUT2D eigenvalue weighted by molar-refractivity contribution is 0.216. The van der Waals surface area contributed by atoms with Crippen LogP contribution in [0.5, 0.6) is 5.75 Å². The maximum Gasteiger partial charge on any atom is 0.246 e. The molecule has 0 spiro atoms. The van der Waals surface area contributed by atoms with E-state index in [1.807, 2.05) is 13.0 Å². The fourth-order valence-electron chi connectivity index (χ4n) is 2.84. The predicted molar refractivity (Wildman–Crippen MR) is 85.5 cm³/mol. The highest BCUT2D eigenvalue weighted by Gasteiger charge is 2.42. The molecule has 0 atom stereocenters. The molecule has 2 fully saturated rings. The van der Waals surface area contributed by atoms with Crippen molar-refractivity contribution in [3.05, 3.63) is 35.5 Å². The summed E-state index contributed by atoms with van der Waals surface area (Å²) in [6, 6.07) is 5.15. The summed E-state index contributed by atoms with van der Waals surface area (Å²) in [6.07, 6.45) is 2.22. The molecular weight excluding hydrogens is 330 g/mol. The zero-order chi connectivity index (χ0) is 16.9. The SMILES string of the molecule is COc1ccc(C)cc1S(=O)(=O)N1CC(c2nc(C3CC3)no2)C1. The number of aryl methyl sites for hydroxylation is 1. The Morgan fingerprint density at radius 3 is 2.67 bits per heavy atom. The van der Waals surface area contributed by atoms with Crippen LogP contribution in [0.25, 0.3) is 0 Å². The number of ether oxygens (including phenoxy) is 1. The van der Waals surface area contributed by atoms with Gasteiger partial charge >= 0.3 is 0 Å². The van der Waals surface area contributed by atoms with E-state index in [0.717, 1.165) is 24.2 Å². The van der Waals surface area contributed by atoms with Crippen molar-refractivity contribution < 1.29 is 17.7 Å². The molecule has 0 N–H and O–H groups in total. The highest BCUT2D eigenvalue weighted by Crippen LogP contribution is 2.40. The second kappa shape index (κ2) is 5.56. The number of sulfonamides is 1. The van der Waals surface area contributed by atoms with Gasteiger partial charge in [-0.3, -0.25) is 0 Å². The van der Waals surface area contributed by atoms with Gasteiger partial charge < -0.3 is 9.26 Å². The first-order valence-corrected chi connectivity index (χ1v) is 9.41. The van der Waals surface area contributed by atoms with Gasteiger partial charge in [0.05, 0.1) is 13.0 Å². The Hall–Kier alpha value is -1.93. The van der Waals surface area contributed by atoms with Crippen molar-refractivity contribution in [3.8, 4) is 5.75 Å². The third kappa shape index (κ3) is 2.59. The first-order chi connectivity index (χ1) is 11.5. The lowest BCUT2D eigenvalue weighted by Crippen LogP contribution is -2.48. The molecule has 8 heteroatoms. The Bertz CT molecular complexity index is 867. The van der Waals surface area contributed by atoms with E-state index in [9.17, 15) is 8.42 Å². The lowest BCUT2D eigenvalue weighted by Gasteiger charge is -2.36. The third-order valence-corrected chi connectivity index (χ3v) is 6.39. The normalized spacial score (nSPS) is 19.2. The lowest BCUT2D eigenvalue weighted by atomic mass is 10.0. The summed E-state index contributed by atoms with van der Waals surface area (Å²) in [6.45, 7) is 2.56. The Labute approximate surface area is 140 Å². The number of hydrogen-bond donors (Lipinski definition) is 0. The van der Waals surface area contributed by atoms with Gasteiger partial charge in [0.2, 0.25) is 15.9 Å². The summed E-state index contributed by atoms with van der Waals surface area (Å²) in [5.41, 5.74) is 0.873. The van der Waals surface area contributed by atoms with Crippen LogP contribution in [-0.2, 0) is 10.0 Å². The molecule has 1 aromatic carbocycles. The quantitative estimate of drug-likeness (QED) is 0.821. The van der Waals surface area contributed by atoms with Crippen molar-refractivity contribution in [1.29, 1.82) is 0 Å². The second-order valence-electron chi connectivity index (χ2n) is 6.44. The van der Waals surface area contributed by atoms with Gasteiger partial charge in [0.15, 0.2) is 5.82 Å². The molecule has 2 aromatic rings. The van der Waals surface area contributed by atoms with Crippen molar-refractivity contribution >= 4 is 10.0 Å². The third-order valence-electron chi connectivity index (χ3n) is 4.53. The van der Waals surface area contributed by atoms with Gasteiger partial charge in [0.25, 0.3) is 0 Å². The summed E-state index contributed by atoms with van der Waals surface area (Å²) in [7, 11) is -2.11. The van der Waals surface area contributed by atoms with Crippen molar-refractivity contribution in [2.75, 3.05) is 20.2 Å². The molecule has 2 aliphatic rings. The molecule has 0 amide bonds. The molecule has 1 aliphatic heterocycles. The van der Waals surface area contributed by atoms with Crippen LogP contribution in [0.15, 0.2) is 27.6 Å². The van der Waals surface area contributed by atoms with Crippen LogP contribution in [-0.4, -0.2) is 43.1 Å². The molecule has 1 saturated heterocycles. The van der Waals surface area contributed by atoms with E-state index in [1.165, 1.54) is 11.4 Å². The fourth-order valence-corrected chi connectivity index (χ4v) is 4.61. The topological polar surface area (TPSA) is 85.5 Å². The van der Waals surface area contributed by atoms with Crippen molar-refractivity contribution in [3.63, 3.8) is 0 Å². The Balaban J connectivity index is 1.51. The monoisotopic (exact) mass is 349 g/mol.